The van der Waals surface area contributed by atoms with Gasteiger partial charge < -0.3 is 14.0 Å². The van der Waals surface area contributed by atoms with Gasteiger partial charge in [-0.15, -0.1) is 0 Å². The summed E-state index contributed by atoms with van der Waals surface area (Å²) in [6.07, 6.45) is 0.738. The fourth-order valence-electron chi connectivity index (χ4n) is 1.87. The van der Waals surface area contributed by atoms with Crippen LogP contribution in [0, 0.1) is 0 Å². The zero-order chi connectivity index (χ0) is 13.2. The van der Waals surface area contributed by atoms with Gasteiger partial charge in [0.2, 0.25) is 0 Å². The first-order valence-electron chi connectivity index (χ1n) is 6.44. The first-order valence-corrected chi connectivity index (χ1v) is 6.44. The summed E-state index contributed by atoms with van der Waals surface area (Å²) in [7, 11) is -0.182. The van der Waals surface area contributed by atoms with E-state index in [1.165, 1.54) is 0 Å². The molecule has 0 bridgehead atoms. The molecule has 3 nitrogen and oxygen atoms in total. The lowest BCUT2D eigenvalue weighted by Crippen LogP contribution is -2.41. The third-order valence-electron chi connectivity index (χ3n) is 3.67. The lowest BCUT2D eigenvalue weighted by molar-refractivity contribution is 0.00578. The van der Waals surface area contributed by atoms with Gasteiger partial charge in [0.25, 0.3) is 0 Å². The highest BCUT2D eigenvalue weighted by Gasteiger charge is 2.50. The Balaban J connectivity index is 1.79. The van der Waals surface area contributed by atoms with E-state index in [-0.39, 0.29) is 18.3 Å². The number of hydrogen-bond acceptors (Lipinski definition) is 3. The van der Waals surface area contributed by atoms with E-state index < -0.39 is 0 Å². The van der Waals surface area contributed by atoms with Crippen molar-refractivity contribution in [2.24, 2.45) is 0 Å². The number of para-hydroxylation sites is 1. The van der Waals surface area contributed by atoms with Gasteiger partial charge in [0.15, 0.2) is 0 Å². The predicted molar refractivity (Wildman–Crippen MR) is 72.8 cm³/mol. The third kappa shape index (κ3) is 2.87. The Morgan fingerprint density at radius 3 is 2.11 bits per heavy atom. The zero-order valence-electron chi connectivity index (χ0n) is 11.6. The molecule has 1 heterocycles. The minimum atomic E-state index is -0.260. The van der Waals surface area contributed by atoms with Crippen LogP contribution in [0.2, 0.25) is 6.32 Å². The Morgan fingerprint density at radius 1 is 1.00 bits per heavy atom. The Kier molecular flexibility index (Phi) is 3.69. The van der Waals surface area contributed by atoms with Crippen LogP contribution in [0.3, 0.4) is 0 Å². The van der Waals surface area contributed by atoms with Gasteiger partial charge in [-0.1, -0.05) is 18.2 Å². The predicted octanol–water partition coefficient (Wildman–Crippen LogP) is 3.16. The van der Waals surface area contributed by atoms with Crippen molar-refractivity contribution in [2.75, 3.05) is 6.61 Å². The topological polar surface area (TPSA) is 27.7 Å². The van der Waals surface area contributed by atoms with Gasteiger partial charge in [0, 0.05) is 6.32 Å². The van der Waals surface area contributed by atoms with Gasteiger partial charge in [-0.25, -0.2) is 0 Å². The number of ether oxygens (including phenoxy) is 1. The molecule has 0 amide bonds. The molecular formula is C14H21BO3. The second-order valence-electron chi connectivity index (χ2n) is 5.64. The Morgan fingerprint density at radius 2 is 1.56 bits per heavy atom. The van der Waals surface area contributed by atoms with Crippen LogP contribution in [0.5, 0.6) is 5.75 Å². The van der Waals surface area contributed by atoms with E-state index in [9.17, 15) is 0 Å². The van der Waals surface area contributed by atoms with Crippen molar-refractivity contribution in [3.63, 3.8) is 0 Å². The normalized spacial score (nSPS) is 21.0. The Labute approximate surface area is 110 Å². The average molecular weight is 248 g/mol. The standard InChI is InChI=1S/C14H21BO3/c1-13(2)14(3,4)18-15(17-13)10-11-16-12-8-6-5-7-9-12/h5-9H,10-11H2,1-4H3. The second kappa shape index (κ2) is 4.94. The molecule has 0 aromatic heterocycles. The highest BCUT2D eigenvalue weighted by molar-refractivity contribution is 6.45. The summed E-state index contributed by atoms with van der Waals surface area (Å²) in [5, 5.41) is 0. The largest absolute Gasteiger partial charge is 0.494 e. The monoisotopic (exact) mass is 248 g/mol. The van der Waals surface area contributed by atoms with Crippen LogP contribution in [0.15, 0.2) is 30.3 Å². The van der Waals surface area contributed by atoms with Gasteiger partial charge in [0.05, 0.1) is 17.8 Å². The van der Waals surface area contributed by atoms with Crippen molar-refractivity contribution in [1.82, 2.24) is 0 Å². The van der Waals surface area contributed by atoms with Gasteiger partial charge in [-0.2, -0.15) is 0 Å². The first-order chi connectivity index (χ1) is 8.41. The van der Waals surface area contributed by atoms with Crippen molar-refractivity contribution in [3.05, 3.63) is 30.3 Å². The summed E-state index contributed by atoms with van der Waals surface area (Å²) in [5.41, 5.74) is -0.519. The van der Waals surface area contributed by atoms with Crippen molar-refractivity contribution in [1.29, 1.82) is 0 Å². The smallest absolute Gasteiger partial charge is 0.461 e. The summed E-state index contributed by atoms with van der Waals surface area (Å²) < 4.78 is 17.4. The maximum absolute atomic E-state index is 5.90. The summed E-state index contributed by atoms with van der Waals surface area (Å²) in [6, 6.07) is 9.80. The van der Waals surface area contributed by atoms with Crippen LogP contribution < -0.4 is 4.74 Å². The molecule has 18 heavy (non-hydrogen) atoms. The fourth-order valence-corrected chi connectivity index (χ4v) is 1.87. The van der Waals surface area contributed by atoms with E-state index in [4.69, 9.17) is 14.0 Å². The SMILES string of the molecule is CC1(C)OB(CCOc2ccccc2)OC1(C)C. The molecule has 4 heteroatoms. The molecule has 2 rings (SSSR count). The summed E-state index contributed by atoms with van der Waals surface area (Å²) in [6.45, 7) is 8.84. The van der Waals surface area contributed by atoms with Crippen LogP contribution in [0.4, 0.5) is 0 Å². The molecule has 98 valence electrons. The average Bonchev–Trinajstić information content (AvgIpc) is 2.49. The maximum Gasteiger partial charge on any atom is 0.461 e. The quantitative estimate of drug-likeness (QED) is 0.766. The van der Waals surface area contributed by atoms with E-state index in [1.807, 2.05) is 30.3 Å². The van der Waals surface area contributed by atoms with Crippen LogP contribution in [-0.2, 0) is 9.31 Å². The van der Waals surface area contributed by atoms with Crippen molar-refractivity contribution >= 4 is 7.12 Å². The number of benzene rings is 1. The van der Waals surface area contributed by atoms with Crippen LogP contribution in [0.1, 0.15) is 27.7 Å². The van der Waals surface area contributed by atoms with Crippen LogP contribution >= 0.6 is 0 Å². The molecule has 0 spiro atoms. The number of rotatable bonds is 4. The van der Waals surface area contributed by atoms with E-state index in [0.717, 1.165) is 12.1 Å². The molecule has 1 aromatic rings. The molecule has 1 aliphatic heterocycles. The molecule has 0 saturated carbocycles. The van der Waals surface area contributed by atoms with Gasteiger partial charge in [-0.3, -0.25) is 0 Å². The minimum absolute atomic E-state index is 0.182. The Bertz CT molecular complexity index is 373. The highest BCUT2D eigenvalue weighted by Crippen LogP contribution is 2.37. The molecule has 1 aromatic carbocycles. The maximum atomic E-state index is 5.90. The molecule has 0 radical (unpaired) electrons. The van der Waals surface area contributed by atoms with Crippen molar-refractivity contribution < 1.29 is 14.0 Å². The van der Waals surface area contributed by atoms with Crippen LogP contribution in [0.25, 0.3) is 0 Å². The zero-order valence-corrected chi connectivity index (χ0v) is 11.6. The molecule has 0 N–H and O–H groups in total. The van der Waals surface area contributed by atoms with Crippen LogP contribution in [-0.4, -0.2) is 24.9 Å². The lowest BCUT2D eigenvalue weighted by Gasteiger charge is -2.32. The molecule has 1 saturated heterocycles. The van der Waals surface area contributed by atoms with Gasteiger partial charge in [0.1, 0.15) is 5.75 Å². The van der Waals surface area contributed by atoms with E-state index >= 15 is 0 Å². The number of hydrogen-bond donors (Lipinski definition) is 0. The summed E-state index contributed by atoms with van der Waals surface area (Å²) in [4.78, 5) is 0. The second-order valence-corrected chi connectivity index (χ2v) is 5.64. The summed E-state index contributed by atoms with van der Waals surface area (Å²) in [5.74, 6) is 0.883. The van der Waals surface area contributed by atoms with E-state index in [2.05, 4.69) is 27.7 Å². The molecular weight excluding hydrogens is 227 g/mol. The lowest BCUT2D eigenvalue weighted by atomic mass is 9.86. The third-order valence-corrected chi connectivity index (χ3v) is 3.67. The summed E-state index contributed by atoms with van der Waals surface area (Å²) >= 11 is 0. The fraction of sp³-hybridized carbons (Fsp3) is 0.571. The van der Waals surface area contributed by atoms with Gasteiger partial charge >= 0.3 is 7.12 Å². The molecule has 0 aliphatic carbocycles. The van der Waals surface area contributed by atoms with E-state index in [0.29, 0.717) is 6.61 Å². The highest BCUT2D eigenvalue weighted by atomic mass is 16.7. The van der Waals surface area contributed by atoms with E-state index in [1.54, 1.807) is 0 Å². The Hall–Kier alpha value is -0.995. The molecule has 0 atom stereocenters. The van der Waals surface area contributed by atoms with Crippen molar-refractivity contribution in [2.45, 2.75) is 45.2 Å². The van der Waals surface area contributed by atoms with Crippen molar-refractivity contribution in [3.8, 4) is 5.75 Å². The van der Waals surface area contributed by atoms with Gasteiger partial charge in [-0.05, 0) is 39.8 Å². The first kappa shape index (κ1) is 13.4. The molecule has 1 fully saturated rings. The molecule has 1 aliphatic rings. The molecule has 0 unspecified atom stereocenters. The minimum Gasteiger partial charge on any atom is -0.494 e.